The number of rotatable bonds is 4. The molecule has 1 heterocycles. The lowest BCUT2D eigenvalue weighted by atomic mass is 9.88. The van der Waals surface area contributed by atoms with Gasteiger partial charge < -0.3 is 10.0 Å². The standard InChI is InChI=1S/C14H17F2NO5S/c1-23(20,21)22-8-9-4-5-17(14(18)19)13(6-9)10-2-3-11(15)12(16)7-10/h2-3,7,9,13H,4-6,8H2,1H3,(H,18,19)/t9-,13+/m0/s1. The van der Waals surface area contributed by atoms with E-state index in [2.05, 4.69) is 0 Å². The lowest BCUT2D eigenvalue weighted by Crippen LogP contribution is -2.41. The number of likely N-dealkylation sites (tertiary alicyclic amines) is 1. The van der Waals surface area contributed by atoms with Crippen LogP contribution in [0.3, 0.4) is 0 Å². The zero-order chi connectivity index (χ0) is 17.2. The molecule has 1 aliphatic heterocycles. The number of amides is 1. The van der Waals surface area contributed by atoms with Crippen LogP contribution in [0.25, 0.3) is 0 Å². The summed E-state index contributed by atoms with van der Waals surface area (Å²) in [4.78, 5) is 12.5. The summed E-state index contributed by atoms with van der Waals surface area (Å²) in [6.07, 6.45) is 0.475. The van der Waals surface area contributed by atoms with Crippen molar-refractivity contribution in [1.29, 1.82) is 0 Å². The van der Waals surface area contributed by atoms with Crippen molar-refractivity contribution < 1.29 is 31.3 Å². The minimum Gasteiger partial charge on any atom is -0.465 e. The summed E-state index contributed by atoms with van der Waals surface area (Å²) in [7, 11) is -3.59. The summed E-state index contributed by atoms with van der Waals surface area (Å²) in [6.45, 7) is 0.100. The van der Waals surface area contributed by atoms with Crippen LogP contribution in [-0.4, -0.2) is 43.9 Å². The van der Waals surface area contributed by atoms with E-state index in [0.717, 1.165) is 23.3 Å². The van der Waals surface area contributed by atoms with E-state index in [1.165, 1.54) is 6.07 Å². The Bertz CT molecular complexity index is 694. The van der Waals surface area contributed by atoms with Gasteiger partial charge in [0.25, 0.3) is 10.1 Å². The van der Waals surface area contributed by atoms with Gasteiger partial charge in [-0.05, 0) is 36.5 Å². The smallest absolute Gasteiger partial charge is 0.407 e. The summed E-state index contributed by atoms with van der Waals surface area (Å²) in [6, 6.07) is 2.57. The topological polar surface area (TPSA) is 83.9 Å². The number of benzene rings is 1. The molecule has 2 atom stereocenters. The average Bonchev–Trinajstić information content (AvgIpc) is 2.47. The molecule has 1 N–H and O–H groups in total. The highest BCUT2D eigenvalue weighted by atomic mass is 32.2. The fourth-order valence-electron chi connectivity index (χ4n) is 2.67. The number of halogens is 2. The molecule has 9 heteroatoms. The minimum atomic E-state index is -3.59. The Labute approximate surface area is 132 Å². The average molecular weight is 349 g/mol. The SMILES string of the molecule is CS(=O)(=O)OC[C@H]1CCN(C(=O)O)[C@@H](c2ccc(F)c(F)c2)C1. The number of hydrogen-bond donors (Lipinski definition) is 1. The van der Waals surface area contributed by atoms with Crippen LogP contribution in [0.2, 0.25) is 0 Å². The second kappa shape index (κ2) is 6.79. The molecule has 1 fully saturated rings. The maximum Gasteiger partial charge on any atom is 0.407 e. The van der Waals surface area contributed by atoms with Crippen molar-refractivity contribution >= 4 is 16.2 Å². The maximum atomic E-state index is 13.4. The van der Waals surface area contributed by atoms with Crippen molar-refractivity contribution in [3.8, 4) is 0 Å². The third kappa shape index (κ3) is 4.61. The van der Waals surface area contributed by atoms with Gasteiger partial charge >= 0.3 is 6.09 Å². The third-order valence-electron chi connectivity index (χ3n) is 3.80. The molecule has 0 aromatic heterocycles. The lowest BCUT2D eigenvalue weighted by Gasteiger charge is -2.37. The van der Waals surface area contributed by atoms with Gasteiger partial charge in [-0.1, -0.05) is 6.07 Å². The first-order chi connectivity index (χ1) is 10.7. The summed E-state index contributed by atoms with van der Waals surface area (Å²) in [5.74, 6) is -2.26. The van der Waals surface area contributed by atoms with Gasteiger partial charge in [-0.2, -0.15) is 8.42 Å². The van der Waals surface area contributed by atoms with E-state index in [1.807, 2.05) is 0 Å². The van der Waals surface area contributed by atoms with Gasteiger partial charge in [-0.15, -0.1) is 0 Å². The van der Waals surface area contributed by atoms with Crippen LogP contribution in [0.15, 0.2) is 18.2 Å². The molecule has 1 saturated heterocycles. The summed E-state index contributed by atoms with van der Waals surface area (Å²) in [5, 5.41) is 9.27. The van der Waals surface area contributed by atoms with Crippen molar-refractivity contribution in [3.63, 3.8) is 0 Å². The number of nitrogens with zero attached hydrogens (tertiary/aromatic N) is 1. The van der Waals surface area contributed by atoms with Crippen LogP contribution >= 0.6 is 0 Å². The molecular weight excluding hydrogens is 332 g/mol. The van der Waals surface area contributed by atoms with Crippen molar-refractivity contribution in [1.82, 2.24) is 4.90 Å². The van der Waals surface area contributed by atoms with Crippen LogP contribution in [0.5, 0.6) is 0 Å². The van der Waals surface area contributed by atoms with Gasteiger partial charge in [-0.3, -0.25) is 4.18 Å². The first-order valence-corrected chi connectivity index (χ1v) is 8.78. The molecule has 23 heavy (non-hydrogen) atoms. The van der Waals surface area contributed by atoms with Crippen LogP contribution in [0.1, 0.15) is 24.4 Å². The summed E-state index contributed by atoms with van der Waals surface area (Å²) < 4.78 is 53.4. The highest BCUT2D eigenvalue weighted by molar-refractivity contribution is 7.85. The molecule has 0 saturated carbocycles. The molecule has 0 radical (unpaired) electrons. The molecule has 0 aliphatic carbocycles. The lowest BCUT2D eigenvalue weighted by molar-refractivity contribution is 0.0766. The highest BCUT2D eigenvalue weighted by Gasteiger charge is 2.33. The predicted molar refractivity (Wildman–Crippen MR) is 77.3 cm³/mol. The van der Waals surface area contributed by atoms with Crippen LogP contribution in [0, 0.1) is 17.6 Å². The second-order valence-corrected chi connectivity index (χ2v) is 7.19. The minimum absolute atomic E-state index is 0.0630. The van der Waals surface area contributed by atoms with E-state index in [4.69, 9.17) is 4.18 Å². The van der Waals surface area contributed by atoms with E-state index >= 15 is 0 Å². The Hall–Kier alpha value is -1.74. The number of hydrogen-bond acceptors (Lipinski definition) is 4. The largest absolute Gasteiger partial charge is 0.465 e. The first kappa shape index (κ1) is 17.6. The van der Waals surface area contributed by atoms with Crippen molar-refractivity contribution in [2.45, 2.75) is 18.9 Å². The summed E-state index contributed by atoms with van der Waals surface area (Å²) in [5.41, 5.74) is 0.329. The molecule has 0 spiro atoms. The monoisotopic (exact) mass is 349 g/mol. The number of carboxylic acid groups (broad SMARTS) is 1. The second-order valence-electron chi connectivity index (χ2n) is 5.54. The summed E-state index contributed by atoms with van der Waals surface area (Å²) >= 11 is 0. The van der Waals surface area contributed by atoms with E-state index in [-0.39, 0.29) is 25.5 Å². The molecule has 1 aliphatic rings. The quantitative estimate of drug-likeness (QED) is 0.844. The third-order valence-corrected chi connectivity index (χ3v) is 4.37. The van der Waals surface area contributed by atoms with Crippen molar-refractivity contribution in [2.24, 2.45) is 5.92 Å². The molecule has 0 unspecified atom stereocenters. The van der Waals surface area contributed by atoms with Gasteiger partial charge in [0.15, 0.2) is 11.6 Å². The molecule has 1 amide bonds. The molecule has 1 aromatic carbocycles. The van der Waals surface area contributed by atoms with Crippen molar-refractivity contribution in [3.05, 3.63) is 35.4 Å². The zero-order valence-corrected chi connectivity index (χ0v) is 13.2. The Kier molecular flexibility index (Phi) is 5.20. The Morgan fingerprint density at radius 2 is 2.09 bits per heavy atom. The van der Waals surface area contributed by atoms with Gasteiger partial charge in [0.05, 0.1) is 18.9 Å². The van der Waals surface area contributed by atoms with Gasteiger partial charge in [0.1, 0.15) is 0 Å². The Morgan fingerprint density at radius 1 is 1.39 bits per heavy atom. The van der Waals surface area contributed by atoms with Gasteiger partial charge in [-0.25, -0.2) is 13.6 Å². The van der Waals surface area contributed by atoms with E-state index < -0.39 is 33.9 Å². The normalized spacial score (nSPS) is 22.1. The fourth-order valence-corrected chi connectivity index (χ4v) is 3.11. The molecule has 0 bridgehead atoms. The van der Waals surface area contributed by atoms with E-state index in [1.54, 1.807) is 0 Å². The Morgan fingerprint density at radius 3 is 2.65 bits per heavy atom. The molecule has 2 rings (SSSR count). The first-order valence-electron chi connectivity index (χ1n) is 6.96. The fraction of sp³-hybridized carbons (Fsp3) is 0.500. The maximum absolute atomic E-state index is 13.4. The van der Waals surface area contributed by atoms with Crippen LogP contribution in [-0.2, 0) is 14.3 Å². The Balaban J connectivity index is 2.20. The van der Waals surface area contributed by atoms with Gasteiger partial charge in [0.2, 0.25) is 0 Å². The number of carbonyl (C=O) groups is 1. The predicted octanol–water partition coefficient (Wildman–Crippen LogP) is 2.37. The number of piperidine rings is 1. The van der Waals surface area contributed by atoms with E-state index in [9.17, 15) is 27.1 Å². The van der Waals surface area contributed by atoms with E-state index in [0.29, 0.717) is 12.0 Å². The van der Waals surface area contributed by atoms with Crippen LogP contribution < -0.4 is 0 Å². The highest BCUT2D eigenvalue weighted by Crippen LogP contribution is 2.35. The zero-order valence-electron chi connectivity index (χ0n) is 12.4. The molecular formula is C14H17F2NO5S. The molecule has 6 nitrogen and oxygen atoms in total. The molecule has 1 aromatic rings. The van der Waals surface area contributed by atoms with Crippen molar-refractivity contribution in [2.75, 3.05) is 19.4 Å². The molecule has 128 valence electrons. The van der Waals surface area contributed by atoms with Crippen LogP contribution in [0.4, 0.5) is 13.6 Å². The van der Waals surface area contributed by atoms with Gasteiger partial charge in [0, 0.05) is 6.54 Å².